The Kier molecular flexibility index (Phi) is 20.0. The van der Waals surface area contributed by atoms with Crippen LogP contribution in [-0.4, -0.2) is 0 Å². The van der Waals surface area contributed by atoms with Crippen molar-refractivity contribution in [3.8, 4) is 0 Å². The summed E-state index contributed by atoms with van der Waals surface area (Å²) in [5.74, 6) is 0. The zero-order valence-electron chi connectivity index (χ0n) is 18.0. The Bertz CT molecular complexity index is 420. The molecule has 0 spiro atoms. The minimum absolute atomic E-state index is 0. The van der Waals surface area contributed by atoms with Gasteiger partial charge in [0.15, 0.2) is 0 Å². The molecule has 1 heteroatoms. The fourth-order valence-corrected chi connectivity index (χ4v) is 3.38. The van der Waals surface area contributed by atoms with E-state index in [1.807, 2.05) is 0 Å². The van der Waals surface area contributed by atoms with Crippen molar-refractivity contribution in [3.63, 3.8) is 0 Å². The van der Waals surface area contributed by atoms with Crippen molar-refractivity contribution >= 4 is 0 Å². The van der Waals surface area contributed by atoms with Crippen molar-refractivity contribution in [2.75, 3.05) is 0 Å². The zero-order chi connectivity index (χ0) is 18.7. The molecule has 0 fully saturated rings. The molecule has 0 aromatic heterocycles. The predicted molar refractivity (Wildman–Crippen MR) is 118 cm³/mol. The number of rotatable bonds is 14. The van der Waals surface area contributed by atoms with Crippen LogP contribution in [0.4, 0.5) is 0 Å². The molecule has 0 heterocycles. The van der Waals surface area contributed by atoms with E-state index in [4.69, 9.17) is 0 Å². The summed E-state index contributed by atoms with van der Waals surface area (Å²) < 4.78 is 0. The van der Waals surface area contributed by atoms with Crippen LogP contribution in [0, 0.1) is 0 Å². The van der Waals surface area contributed by atoms with Crippen LogP contribution in [0.25, 0.3) is 0 Å². The summed E-state index contributed by atoms with van der Waals surface area (Å²) in [6, 6.07) is 17.4. The van der Waals surface area contributed by atoms with Crippen molar-refractivity contribution in [1.82, 2.24) is 0 Å². The van der Waals surface area contributed by atoms with Gasteiger partial charge in [-0.3, -0.25) is 0 Å². The van der Waals surface area contributed by atoms with Gasteiger partial charge >= 0.3 is 26.2 Å². The van der Waals surface area contributed by atoms with Gasteiger partial charge in [0.05, 0.1) is 0 Å². The standard InChI is InChI=1S/2C13H21.Zr/c2*1-2-3-4-5-6-7-10-13-11-8-9-12-13;/h2*8-9,11-12H,2-7,10H2,1H3;/q2*-1;+2. The summed E-state index contributed by atoms with van der Waals surface area (Å²) in [7, 11) is 0. The minimum Gasteiger partial charge on any atom is -0.213 e. The monoisotopic (exact) mass is 444 g/mol. The van der Waals surface area contributed by atoms with Crippen LogP contribution < -0.4 is 0 Å². The molecule has 0 bridgehead atoms. The van der Waals surface area contributed by atoms with Gasteiger partial charge in [-0.05, 0) is 0 Å². The second-order valence-corrected chi connectivity index (χ2v) is 7.62. The molecular formula is C26H42Zr. The molecular weight excluding hydrogens is 404 g/mol. The molecule has 0 radical (unpaired) electrons. The number of unbranched alkanes of at least 4 members (excludes halogenated alkanes) is 10. The summed E-state index contributed by atoms with van der Waals surface area (Å²) in [5.41, 5.74) is 3.02. The maximum absolute atomic E-state index is 2.27. The Balaban J connectivity index is 0.000000483. The van der Waals surface area contributed by atoms with Crippen LogP contribution in [0.3, 0.4) is 0 Å². The van der Waals surface area contributed by atoms with E-state index < -0.39 is 0 Å². The van der Waals surface area contributed by atoms with Crippen molar-refractivity contribution < 1.29 is 26.2 Å². The van der Waals surface area contributed by atoms with Crippen molar-refractivity contribution in [2.45, 2.75) is 104 Å². The van der Waals surface area contributed by atoms with E-state index in [9.17, 15) is 0 Å². The molecule has 0 unspecified atom stereocenters. The first-order valence-corrected chi connectivity index (χ1v) is 11.3. The second-order valence-electron chi connectivity index (χ2n) is 7.62. The third kappa shape index (κ3) is 16.3. The van der Waals surface area contributed by atoms with Crippen LogP contribution in [0.15, 0.2) is 48.5 Å². The molecule has 150 valence electrons. The summed E-state index contributed by atoms with van der Waals surface area (Å²) in [6.45, 7) is 4.54. The first kappa shape index (κ1) is 26.6. The molecule has 2 aromatic rings. The molecule has 0 aliphatic carbocycles. The fourth-order valence-electron chi connectivity index (χ4n) is 3.38. The van der Waals surface area contributed by atoms with Crippen LogP contribution in [0.1, 0.15) is 102 Å². The van der Waals surface area contributed by atoms with E-state index in [0.29, 0.717) is 0 Å². The Morgan fingerprint density at radius 2 is 0.741 bits per heavy atom. The van der Waals surface area contributed by atoms with Crippen molar-refractivity contribution in [2.24, 2.45) is 0 Å². The average molecular weight is 446 g/mol. The summed E-state index contributed by atoms with van der Waals surface area (Å²) in [5, 5.41) is 0. The van der Waals surface area contributed by atoms with E-state index in [0.717, 1.165) is 0 Å². The van der Waals surface area contributed by atoms with Gasteiger partial charge in [-0.1, -0.05) is 104 Å². The second kappa shape index (κ2) is 20.3. The van der Waals surface area contributed by atoms with Gasteiger partial charge in [0.1, 0.15) is 0 Å². The molecule has 0 saturated carbocycles. The van der Waals surface area contributed by atoms with E-state index >= 15 is 0 Å². The van der Waals surface area contributed by atoms with Crippen LogP contribution in [0.2, 0.25) is 0 Å². The largest absolute Gasteiger partial charge is 2.00 e. The van der Waals surface area contributed by atoms with Crippen LogP contribution in [0.5, 0.6) is 0 Å². The quantitative estimate of drug-likeness (QED) is 0.202. The van der Waals surface area contributed by atoms with Gasteiger partial charge in [0, 0.05) is 0 Å². The predicted octanol–water partition coefficient (Wildman–Crippen LogP) is 8.61. The average Bonchev–Trinajstić information content (AvgIpc) is 3.35. The summed E-state index contributed by atoms with van der Waals surface area (Å²) in [4.78, 5) is 0. The topological polar surface area (TPSA) is 0 Å². The Hall–Kier alpha value is -0.417. The van der Waals surface area contributed by atoms with Crippen molar-refractivity contribution in [1.29, 1.82) is 0 Å². The van der Waals surface area contributed by atoms with Gasteiger partial charge in [-0.15, -0.1) is 0 Å². The third-order valence-corrected chi connectivity index (χ3v) is 5.10. The Labute approximate surface area is 189 Å². The smallest absolute Gasteiger partial charge is 0.213 e. The first-order chi connectivity index (χ1) is 12.9. The normalized spacial score (nSPS) is 10.1. The maximum Gasteiger partial charge on any atom is 2.00 e. The zero-order valence-corrected chi connectivity index (χ0v) is 20.5. The molecule has 0 aliphatic heterocycles. The number of hydrogen-bond donors (Lipinski definition) is 0. The third-order valence-electron chi connectivity index (χ3n) is 5.10. The molecule has 0 amide bonds. The SMILES string of the molecule is CCCCCCCC[c-]1cccc1.CCCCCCCC[c-]1cccc1.[Zr+2]. The maximum atomic E-state index is 2.27. The Morgan fingerprint density at radius 3 is 1.07 bits per heavy atom. The fraction of sp³-hybridized carbons (Fsp3) is 0.615. The van der Waals surface area contributed by atoms with Gasteiger partial charge in [0.2, 0.25) is 0 Å². The Morgan fingerprint density at radius 1 is 0.444 bits per heavy atom. The molecule has 0 nitrogen and oxygen atoms in total. The minimum atomic E-state index is 0. The van der Waals surface area contributed by atoms with Gasteiger partial charge < -0.3 is 0 Å². The van der Waals surface area contributed by atoms with Gasteiger partial charge in [-0.2, -0.15) is 35.4 Å². The molecule has 0 saturated heterocycles. The van der Waals surface area contributed by atoms with Crippen LogP contribution in [-0.2, 0) is 39.0 Å². The first-order valence-electron chi connectivity index (χ1n) is 11.3. The number of hydrogen-bond acceptors (Lipinski definition) is 0. The summed E-state index contributed by atoms with van der Waals surface area (Å²) in [6.07, 6.45) is 19.3. The molecule has 27 heavy (non-hydrogen) atoms. The van der Waals surface area contributed by atoms with Gasteiger partial charge in [0.25, 0.3) is 0 Å². The molecule has 2 aromatic carbocycles. The molecule has 0 N–H and O–H groups in total. The molecule has 0 atom stereocenters. The summed E-state index contributed by atoms with van der Waals surface area (Å²) >= 11 is 0. The van der Waals surface area contributed by atoms with E-state index in [-0.39, 0.29) is 26.2 Å². The van der Waals surface area contributed by atoms with E-state index in [2.05, 4.69) is 62.4 Å². The van der Waals surface area contributed by atoms with Crippen LogP contribution >= 0.6 is 0 Å². The van der Waals surface area contributed by atoms with Crippen molar-refractivity contribution in [3.05, 3.63) is 59.7 Å². The van der Waals surface area contributed by atoms with Gasteiger partial charge in [-0.25, -0.2) is 24.3 Å². The van der Waals surface area contributed by atoms with E-state index in [1.165, 1.54) is 101 Å². The number of aryl methyl sites for hydroxylation is 2. The molecule has 0 aliphatic rings. The van der Waals surface area contributed by atoms with E-state index in [1.54, 1.807) is 0 Å². The molecule has 2 rings (SSSR count).